The molecule has 0 aliphatic carbocycles. The quantitative estimate of drug-likeness (QED) is 0.718. The number of hydrogen-bond donors (Lipinski definition) is 0. The molecular formula is C14H17N5. The second kappa shape index (κ2) is 4.84. The van der Waals surface area contributed by atoms with Gasteiger partial charge in [0, 0.05) is 13.6 Å². The zero-order valence-electron chi connectivity index (χ0n) is 11.2. The molecule has 5 heteroatoms. The minimum absolute atomic E-state index is 0.817. The third-order valence-corrected chi connectivity index (χ3v) is 3.32. The molecule has 5 nitrogen and oxygen atoms in total. The van der Waals surface area contributed by atoms with Crippen LogP contribution in [-0.2, 0) is 0 Å². The lowest BCUT2D eigenvalue weighted by Crippen LogP contribution is -2.20. The first kappa shape index (κ1) is 11.9. The van der Waals surface area contributed by atoms with Gasteiger partial charge in [-0.1, -0.05) is 25.5 Å². The fourth-order valence-electron chi connectivity index (χ4n) is 2.25. The van der Waals surface area contributed by atoms with Crippen LogP contribution in [0.3, 0.4) is 0 Å². The molecule has 0 fully saturated rings. The van der Waals surface area contributed by atoms with Crippen LogP contribution in [0.5, 0.6) is 0 Å². The maximum Gasteiger partial charge on any atom is 0.204 e. The Morgan fingerprint density at radius 2 is 2.11 bits per heavy atom. The molecule has 0 saturated carbocycles. The third kappa shape index (κ3) is 2.01. The molecule has 3 aromatic rings. The highest BCUT2D eigenvalue weighted by atomic mass is 15.3. The Hall–Kier alpha value is -2.17. The Labute approximate surface area is 111 Å². The average Bonchev–Trinajstić information content (AvgIpc) is 2.93. The Balaban J connectivity index is 2.18. The molecule has 0 amide bonds. The van der Waals surface area contributed by atoms with Crippen LogP contribution in [0.2, 0.25) is 0 Å². The van der Waals surface area contributed by atoms with E-state index in [1.165, 1.54) is 6.42 Å². The predicted octanol–water partition coefficient (Wildman–Crippen LogP) is 2.51. The average molecular weight is 255 g/mol. The van der Waals surface area contributed by atoms with E-state index in [1.54, 1.807) is 6.33 Å². The van der Waals surface area contributed by atoms with Crippen molar-refractivity contribution in [2.75, 3.05) is 18.5 Å². The summed E-state index contributed by atoms with van der Waals surface area (Å²) in [5, 5.41) is 8.23. The van der Waals surface area contributed by atoms with Gasteiger partial charge in [-0.3, -0.25) is 4.40 Å². The SMILES string of the molecule is CCCCN(C)c1nc2ccccc2n2cnnc12. The van der Waals surface area contributed by atoms with Crippen LogP contribution in [0.1, 0.15) is 19.8 Å². The van der Waals surface area contributed by atoms with E-state index in [-0.39, 0.29) is 0 Å². The largest absolute Gasteiger partial charge is 0.357 e. The number of fused-ring (bicyclic) bond motifs is 3. The number of aromatic nitrogens is 4. The highest BCUT2D eigenvalue weighted by molar-refractivity contribution is 5.82. The summed E-state index contributed by atoms with van der Waals surface area (Å²) in [5.74, 6) is 0.893. The molecule has 0 aliphatic heterocycles. The van der Waals surface area contributed by atoms with Gasteiger partial charge in [0.2, 0.25) is 5.65 Å². The highest BCUT2D eigenvalue weighted by Crippen LogP contribution is 2.22. The van der Waals surface area contributed by atoms with Crippen LogP contribution in [0.4, 0.5) is 5.82 Å². The molecule has 0 saturated heterocycles. The molecular weight excluding hydrogens is 238 g/mol. The fraction of sp³-hybridized carbons (Fsp3) is 0.357. The van der Waals surface area contributed by atoms with Crippen LogP contribution in [0.15, 0.2) is 30.6 Å². The predicted molar refractivity (Wildman–Crippen MR) is 76.5 cm³/mol. The van der Waals surface area contributed by atoms with Crippen molar-refractivity contribution in [1.29, 1.82) is 0 Å². The topological polar surface area (TPSA) is 46.3 Å². The van der Waals surface area contributed by atoms with Gasteiger partial charge in [0.05, 0.1) is 11.0 Å². The van der Waals surface area contributed by atoms with Gasteiger partial charge in [-0.15, -0.1) is 10.2 Å². The molecule has 0 atom stereocenters. The maximum absolute atomic E-state index is 4.73. The summed E-state index contributed by atoms with van der Waals surface area (Å²) in [5.41, 5.74) is 2.82. The fourth-order valence-corrected chi connectivity index (χ4v) is 2.25. The Morgan fingerprint density at radius 1 is 1.26 bits per heavy atom. The molecule has 0 N–H and O–H groups in total. The van der Waals surface area contributed by atoms with Crippen LogP contribution >= 0.6 is 0 Å². The van der Waals surface area contributed by atoms with E-state index in [0.717, 1.165) is 35.5 Å². The smallest absolute Gasteiger partial charge is 0.204 e. The van der Waals surface area contributed by atoms with E-state index in [1.807, 2.05) is 28.7 Å². The highest BCUT2D eigenvalue weighted by Gasteiger charge is 2.13. The number of unbranched alkanes of at least 4 members (excludes halogenated alkanes) is 1. The maximum atomic E-state index is 4.73. The molecule has 0 bridgehead atoms. The van der Waals surface area contributed by atoms with Gasteiger partial charge in [0.15, 0.2) is 5.82 Å². The molecule has 98 valence electrons. The minimum atomic E-state index is 0.817. The monoisotopic (exact) mass is 255 g/mol. The van der Waals surface area contributed by atoms with Gasteiger partial charge < -0.3 is 4.90 Å². The standard InChI is InChI=1S/C14H17N5/c1-3-4-9-18(2)13-14-17-15-10-19(14)12-8-6-5-7-11(12)16-13/h5-8,10H,3-4,9H2,1-2H3. The molecule has 2 heterocycles. The number of hydrogen-bond acceptors (Lipinski definition) is 4. The zero-order valence-corrected chi connectivity index (χ0v) is 11.2. The molecule has 2 aromatic heterocycles. The molecule has 3 rings (SSSR count). The molecule has 1 aromatic carbocycles. The van der Waals surface area contributed by atoms with E-state index in [2.05, 4.69) is 29.1 Å². The van der Waals surface area contributed by atoms with Crippen molar-refractivity contribution in [2.45, 2.75) is 19.8 Å². The first-order chi connectivity index (χ1) is 9.31. The van der Waals surface area contributed by atoms with Crippen molar-refractivity contribution in [3.05, 3.63) is 30.6 Å². The van der Waals surface area contributed by atoms with E-state index < -0.39 is 0 Å². The molecule has 0 aliphatic rings. The number of para-hydroxylation sites is 2. The molecule has 0 unspecified atom stereocenters. The van der Waals surface area contributed by atoms with E-state index in [9.17, 15) is 0 Å². The Morgan fingerprint density at radius 3 is 2.95 bits per heavy atom. The number of rotatable bonds is 4. The lowest BCUT2D eigenvalue weighted by atomic mass is 10.3. The summed E-state index contributed by atoms with van der Waals surface area (Å²) < 4.78 is 2.00. The van der Waals surface area contributed by atoms with Gasteiger partial charge in [-0.25, -0.2) is 4.98 Å². The van der Waals surface area contributed by atoms with Gasteiger partial charge in [-0.05, 0) is 18.6 Å². The van der Waals surface area contributed by atoms with Crippen LogP contribution in [-0.4, -0.2) is 33.2 Å². The summed E-state index contributed by atoms with van der Waals surface area (Å²) in [6.45, 7) is 3.17. The van der Waals surface area contributed by atoms with E-state index >= 15 is 0 Å². The molecule has 19 heavy (non-hydrogen) atoms. The summed E-state index contributed by atoms with van der Waals surface area (Å²) in [6.07, 6.45) is 4.06. The number of anilines is 1. The second-order valence-corrected chi connectivity index (χ2v) is 4.72. The van der Waals surface area contributed by atoms with E-state index in [0.29, 0.717) is 0 Å². The van der Waals surface area contributed by atoms with Gasteiger partial charge in [-0.2, -0.15) is 0 Å². The van der Waals surface area contributed by atoms with E-state index in [4.69, 9.17) is 4.98 Å². The minimum Gasteiger partial charge on any atom is -0.357 e. The van der Waals surface area contributed by atoms with Crippen molar-refractivity contribution < 1.29 is 0 Å². The summed E-state index contributed by atoms with van der Waals surface area (Å²) in [6, 6.07) is 8.06. The summed E-state index contributed by atoms with van der Waals surface area (Å²) in [4.78, 5) is 6.88. The van der Waals surface area contributed by atoms with Crippen LogP contribution in [0.25, 0.3) is 16.7 Å². The number of benzene rings is 1. The van der Waals surface area contributed by atoms with Gasteiger partial charge in [0.25, 0.3) is 0 Å². The first-order valence-electron chi connectivity index (χ1n) is 6.61. The van der Waals surface area contributed by atoms with Crippen molar-refractivity contribution in [2.24, 2.45) is 0 Å². The first-order valence-corrected chi connectivity index (χ1v) is 6.61. The van der Waals surface area contributed by atoms with Gasteiger partial charge in [0.1, 0.15) is 6.33 Å². The second-order valence-electron chi connectivity index (χ2n) is 4.72. The zero-order chi connectivity index (χ0) is 13.2. The summed E-state index contributed by atoms with van der Waals surface area (Å²) in [7, 11) is 2.06. The molecule has 0 spiro atoms. The number of nitrogens with zero attached hydrogens (tertiary/aromatic N) is 5. The Bertz CT molecular complexity index is 703. The normalized spacial score (nSPS) is 11.3. The van der Waals surface area contributed by atoms with Crippen LogP contribution in [0, 0.1) is 0 Å². The summed E-state index contributed by atoms with van der Waals surface area (Å²) >= 11 is 0. The Kier molecular flexibility index (Phi) is 3.03. The third-order valence-electron chi connectivity index (χ3n) is 3.32. The van der Waals surface area contributed by atoms with Crippen molar-refractivity contribution >= 4 is 22.5 Å². The lowest BCUT2D eigenvalue weighted by molar-refractivity contribution is 0.760. The molecule has 0 radical (unpaired) electrons. The lowest BCUT2D eigenvalue weighted by Gasteiger charge is -2.18. The van der Waals surface area contributed by atoms with Crippen LogP contribution < -0.4 is 4.90 Å². The van der Waals surface area contributed by atoms with Crippen molar-refractivity contribution in [3.8, 4) is 0 Å². The van der Waals surface area contributed by atoms with Gasteiger partial charge >= 0.3 is 0 Å². The van der Waals surface area contributed by atoms with Crippen molar-refractivity contribution in [1.82, 2.24) is 19.6 Å². The van der Waals surface area contributed by atoms with Crippen molar-refractivity contribution in [3.63, 3.8) is 0 Å².